The van der Waals surface area contributed by atoms with Crippen LogP contribution >= 0.6 is 11.3 Å². The lowest BCUT2D eigenvalue weighted by molar-refractivity contribution is -0.144. The summed E-state index contributed by atoms with van der Waals surface area (Å²) in [5.74, 6) is -2.35. The number of aromatic amines is 1. The Morgan fingerprint density at radius 2 is 1.40 bits per heavy atom. The maximum absolute atomic E-state index is 16.3. The van der Waals surface area contributed by atoms with Crippen LogP contribution in [0.4, 0.5) is 34.9 Å². The summed E-state index contributed by atoms with van der Waals surface area (Å²) in [6.07, 6.45) is 0.984. The van der Waals surface area contributed by atoms with Crippen molar-refractivity contribution in [2.75, 3.05) is 147 Å². The lowest BCUT2D eigenvalue weighted by atomic mass is 9.85. The molecule has 0 bridgehead atoms. The van der Waals surface area contributed by atoms with E-state index in [4.69, 9.17) is 23.7 Å². The van der Waals surface area contributed by atoms with Crippen molar-refractivity contribution in [2.24, 2.45) is 5.41 Å². The van der Waals surface area contributed by atoms with Gasteiger partial charge in [-0.3, -0.25) is 38.6 Å². The monoisotopic (exact) mass is 1420 g/mol. The molecule has 5 aromatic rings. The van der Waals surface area contributed by atoms with Gasteiger partial charge in [0.25, 0.3) is 5.91 Å². The number of β-amino-alcohol motifs (C(OH)–C–C–N with tert-alkyl or cyclic N) is 1. The lowest BCUT2D eigenvalue weighted by Gasteiger charge is -2.44. The second-order valence-corrected chi connectivity index (χ2v) is 27.5. The van der Waals surface area contributed by atoms with Crippen LogP contribution in [0.25, 0.3) is 16.0 Å². The fourth-order valence-corrected chi connectivity index (χ4v) is 13.2. The normalized spacial score (nSPS) is 19.0. The number of alkyl halides is 3. The third-order valence-corrected chi connectivity index (χ3v) is 19.3. The number of piperazine rings is 2. The van der Waals surface area contributed by atoms with Crippen molar-refractivity contribution >= 4 is 63.8 Å². The summed E-state index contributed by atoms with van der Waals surface area (Å²) < 4.78 is 86.4. The van der Waals surface area contributed by atoms with E-state index in [2.05, 4.69) is 45.7 Å². The van der Waals surface area contributed by atoms with Crippen LogP contribution in [0.2, 0.25) is 0 Å². The largest absolute Gasteiger partial charge is 0.417 e. The number of rotatable bonds is 31. The summed E-state index contributed by atoms with van der Waals surface area (Å²) in [4.78, 5) is 107. The van der Waals surface area contributed by atoms with Gasteiger partial charge in [0.05, 0.1) is 117 Å². The third kappa shape index (κ3) is 21.1. The van der Waals surface area contributed by atoms with Crippen LogP contribution in [0, 0.1) is 18.2 Å². The molecule has 3 fully saturated rings. The number of ether oxygens (including phenoxy) is 5. The molecule has 0 saturated carbocycles. The predicted molar refractivity (Wildman–Crippen MR) is 369 cm³/mol. The molecule has 30 heteroatoms. The van der Waals surface area contributed by atoms with E-state index in [1.165, 1.54) is 17.0 Å². The smallest absolute Gasteiger partial charge is 0.391 e. The van der Waals surface area contributed by atoms with Crippen molar-refractivity contribution in [3.8, 4) is 10.4 Å². The maximum Gasteiger partial charge on any atom is 0.417 e. The first kappa shape index (κ1) is 76.4. The minimum Gasteiger partial charge on any atom is -0.391 e. The van der Waals surface area contributed by atoms with Gasteiger partial charge in [0.15, 0.2) is 0 Å². The number of nitrogens with zero attached hydrogens (tertiary/aromatic N) is 9. The molecule has 5 atom stereocenters. The predicted octanol–water partition coefficient (Wildman–Crippen LogP) is 6.15. The van der Waals surface area contributed by atoms with Gasteiger partial charge in [-0.15, -0.1) is 11.3 Å². The first-order valence-corrected chi connectivity index (χ1v) is 34.8. The number of pyridine rings is 1. The van der Waals surface area contributed by atoms with Crippen LogP contribution < -0.4 is 31.3 Å². The molecule has 0 unspecified atom stereocenters. The number of anilines is 3. The molecule has 0 radical (unpaired) electrons. The summed E-state index contributed by atoms with van der Waals surface area (Å²) in [5.41, 5.74) is 3.02. The van der Waals surface area contributed by atoms with E-state index in [0.717, 1.165) is 33.5 Å². The number of benzene rings is 2. The molecular formula is C70H93F4N13O12S. The van der Waals surface area contributed by atoms with Gasteiger partial charge >= 0.3 is 6.18 Å². The minimum atomic E-state index is -4.98. The van der Waals surface area contributed by atoms with Crippen LogP contribution in [-0.2, 0) is 62.1 Å². The van der Waals surface area contributed by atoms with Crippen molar-refractivity contribution in [2.45, 2.75) is 117 Å². The summed E-state index contributed by atoms with van der Waals surface area (Å²) in [5, 5.41) is 19.0. The molecule has 3 aromatic heterocycles. The van der Waals surface area contributed by atoms with E-state index in [1.54, 1.807) is 29.2 Å². The summed E-state index contributed by atoms with van der Waals surface area (Å²) in [7, 11) is 1.98. The molecule has 5 amide bonds. The van der Waals surface area contributed by atoms with Crippen LogP contribution in [0.1, 0.15) is 98.6 Å². The van der Waals surface area contributed by atoms with E-state index < -0.39 is 64.1 Å². The number of nitrogens with one attached hydrogen (secondary N) is 4. The standard InChI is InChI=1S/C70H93F4N13O12S/c1-45-40-86(41-46(2)82(45)7)58-35-56(71)53(33-57(58)80-65(92)54-39-75-61(90)34-55(54)70(72,73)74)50-12-16-85(17-13-50)68-77-37-49(38-78-68)42-83-18-20-84(21-19-83)62(91)15-23-96-25-27-98-29-31-99-30-28-97-26-24-95-22-14-60(89)81-64(69(4,5)6)67(94)87-43-52(88)32-59(87)66(93)76-36-48-8-10-51(11-9-48)63-47(3)79-44-100-63/h8-12,33-35,37-39,44-46,52,59,64,88H,13-32,36,40-43H2,1-7H3,(H,75,90)(H,76,93)(H,80,92)(H,81,89)/t45-,46+,52-,59+,64-/m1/s1. The number of carbonyl (C=O) groups excluding carboxylic acids is 5. The maximum atomic E-state index is 16.3. The molecule has 4 aliphatic heterocycles. The number of halogens is 4. The number of likely N-dealkylation sites (tertiary alicyclic amines) is 1. The number of aliphatic hydroxyl groups excluding tert-OH is 1. The Balaban J connectivity index is 0.592. The van der Waals surface area contributed by atoms with Crippen molar-refractivity contribution in [3.63, 3.8) is 0 Å². The van der Waals surface area contributed by atoms with E-state index in [0.29, 0.717) is 128 Å². The second-order valence-electron chi connectivity index (χ2n) is 26.7. The number of H-pyrrole nitrogens is 1. The van der Waals surface area contributed by atoms with Crippen LogP contribution in [0.5, 0.6) is 0 Å². The molecule has 544 valence electrons. The molecule has 5 N–H and O–H groups in total. The summed E-state index contributed by atoms with van der Waals surface area (Å²) >= 11 is 1.56. The highest BCUT2D eigenvalue weighted by Gasteiger charge is 2.45. The fourth-order valence-electron chi connectivity index (χ4n) is 12.4. The third-order valence-electron chi connectivity index (χ3n) is 18.3. The van der Waals surface area contributed by atoms with Gasteiger partial charge in [0.1, 0.15) is 17.9 Å². The van der Waals surface area contributed by atoms with Gasteiger partial charge in [-0.2, -0.15) is 13.2 Å². The molecular weight excluding hydrogens is 1320 g/mol. The van der Waals surface area contributed by atoms with Gasteiger partial charge in [-0.25, -0.2) is 19.3 Å². The quantitative estimate of drug-likeness (QED) is 0.0246. The number of amides is 5. The molecule has 2 aromatic carbocycles. The Hall–Kier alpha value is -7.81. The van der Waals surface area contributed by atoms with Gasteiger partial charge in [-0.1, -0.05) is 51.1 Å². The van der Waals surface area contributed by atoms with Crippen molar-refractivity contribution in [3.05, 3.63) is 122 Å². The molecule has 4 aliphatic rings. The Bertz CT molecular complexity index is 3650. The van der Waals surface area contributed by atoms with E-state index in [1.807, 2.05) is 93.6 Å². The molecule has 0 aliphatic carbocycles. The highest BCUT2D eigenvalue weighted by molar-refractivity contribution is 7.13. The number of aryl methyl sites for hydroxylation is 1. The van der Waals surface area contributed by atoms with Crippen molar-refractivity contribution in [1.29, 1.82) is 0 Å². The zero-order valence-corrected chi connectivity index (χ0v) is 58.7. The SMILES string of the molecule is Cc1ncsc1-c1ccc(CNC(=O)[C@@H]2C[C@@H](O)CN2C(=O)[C@@H](NC(=O)CCOCCOCCOCCOCCOCCC(=O)N2CCN(Cc3cnc(N4CC=C(c5cc(NC(=O)c6c[nH]c(=O)cc6C(F)(F)F)c(N6C[C@@H](C)N(C)[C@@H](C)C6)cc5F)CC4)nc3)CC2)C(C)(C)C)cc1. The minimum absolute atomic E-state index is 0.000860. The average Bonchev–Trinajstić information content (AvgIpc) is 1.04. The van der Waals surface area contributed by atoms with Crippen LogP contribution in [0.15, 0.2) is 77.4 Å². The number of carbonyl (C=O) groups is 5. The van der Waals surface area contributed by atoms with Crippen LogP contribution in [-0.4, -0.2) is 236 Å². The number of aromatic nitrogens is 4. The van der Waals surface area contributed by atoms with E-state index in [-0.39, 0.29) is 99.8 Å². The van der Waals surface area contributed by atoms with Gasteiger partial charge in [-0.05, 0) is 68.5 Å². The molecule has 3 saturated heterocycles. The summed E-state index contributed by atoms with van der Waals surface area (Å²) in [6, 6.07) is 9.22. The van der Waals surface area contributed by atoms with Gasteiger partial charge in [0.2, 0.25) is 35.1 Å². The fraction of sp³-hybridized carbons (Fsp3) is 0.557. The molecule has 25 nitrogen and oxygen atoms in total. The number of hydrogen-bond donors (Lipinski definition) is 5. The zero-order valence-electron chi connectivity index (χ0n) is 57.9. The zero-order chi connectivity index (χ0) is 71.7. The summed E-state index contributed by atoms with van der Waals surface area (Å²) in [6.45, 7) is 19.4. The molecule has 9 rings (SSSR count). The lowest BCUT2D eigenvalue weighted by Crippen LogP contribution is -2.57. The molecule has 100 heavy (non-hydrogen) atoms. The van der Waals surface area contributed by atoms with E-state index in [9.17, 15) is 47.0 Å². The highest BCUT2D eigenvalue weighted by Crippen LogP contribution is 2.38. The van der Waals surface area contributed by atoms with Gasteiger partial charge in [0, 0.05) is 133 Å². The number of likely N-dealkylation sites (N-methyl/N-ethyl adjacent to an activating group) is 1. The first-order valence-electron chi connectivity index (χ1n) is 33.9. The number of hydrogen-bond acceptors (Lipinski definition) is 20. The Labute approximate surface area is 583 Å². The molecule has 7 heterocycles. The number of thiazole rings is 1. The van der Waals surface area contributed by atoms with Crippen molar-refractivity contribution in [1.82, 2.24) is 50.2 Å². The topological polar surface area (TPSA) is 279 Å². The van der Waals surface area contributed by atoms with Crippen molar-refractivity contribution < 1.29 is 70.3 Å². The first-order chi connectivity index (χ1) is 47.8. The van der Waals surface area contributed by atoms with Crippen LogP contribution in [0.3, 0.4) is 0 Å². The van der Waals surface area contributed by atoms with Gasteiger partial charge < -0.3 is 69.3 Å². The number of aliphatic hydroxyl groups is 1. The Morgan fingerprint density at radius 1 is 0.780 bits per heavy atom. The van der Waals surface area contributed by atoms with E-state index >= 15 is 4.39 Å². The highest BCUT2D eigenvalue weighted by atomic mass is 32.1. The second kappa shape index (κ2) is 35.7. The average molecular weight is 1420 g/mol. The Kier molecular flexibility index (Phi) is 27.2. The Morgan fingerprint density at radius 3 is 1.98 bits per heavy atom. The molecule has 0 spiro atoms.